The summed E-state index contributed by atoms with van der Waals surface area (Å²) >= 11 is 0. The molecule has 7 heteroatoms. The Bertz CT molecular complexity index is 1050. The first kappa shape index (κ1) is 21.9. The van der Waals surface area contributed by atoms with Crippen molar-refractivity contribution in [1.82, 2.24) is 4.90 Å². The van der Waals surface area contributed by atoms with Crippen molar-refractivity contribution in [2.75, 3.05) is 27.4 Å². The third-order valence-corrected chi connectivity index (χ3v) is 6.01. The molecule has 32 heavy (non-hydrogen) atoms. The Balaban J connectivity index is 1.85. The fraction of sp³-hybridized carbons (Fsp3) is 0.360. The van der Waals surface area contributed by atoms with E-state index in [2.05, 4.69) is 0 Å². The normalized spacial score (nSPS) is 22.4. The van der Waals surface area contributed by atoms with Crippen molar-refractivity contribution in [2.24, 2.45) is 0 Å². The van der Waals surface area contributed by atoms with Gasteiger partial charge in [-0.15, -0.1) is 0 Å². The first-order chi connectivity index (χ1) is 15.4. The highest BCUT2D eigenvalue weighted by molar-refractivity contribution is 6.46. The first-order valence-electron chi connectivity index (χ1n) is 10.6. The van der Waals surface area contributed by atoms with E-state index in [0.29, 0.717) is 29.2 Å². The number of carbonyl (C=O) groups excluding carboxylic acids is 2. The Morgan fingerprint density at radius 1 is 1.09 bits per heavy atom. The summed E-state index contributed by atoms with van der Waals surface area (Å²) in [5, 5.41) is 11.1. The Labute approximate surface area is 187 Å². The van der Waals surface area contributed by atoms with Gasteiger partial charge in [-0.05, 0) is 37.5 Å². The summed E-state index contributed by atoms with van der Waals surface area (Å²) in [6.07, 6.45) is 1.59. The van der Waals surface area contributed by atoms with Gasteiger partial charge in [-0.2, -0.15) is 0 Å². The van der Waals surface area contributed by atoms with Gasteiger partial charge in [-0.1, -0.05) is 35.9 Å². The minimum absolute atomic E-state index is 0.0593. The number of hydrogen-bond donors (Lipinski definition) is 1. The summed E-state index contributed by atoms with van der Waals surface area (Å²) in [6.45, 7) is 2.85. The van der Waals surface area contributed by atoms with Crippen LogP contribution in [0, 0.1) is 6.92 Å². The van der Waals surface area contributed by atoms with Crippen molar-refractivity contribution < 1.29 is 28.9 Å². The van der Waals surface area contributed by atoms with Gasteiger partial charge >= 0.3 is 0 Å². The second kappa shape index (κ2) is 9.04. The maximum absolute atomic E-state index is 13.1. The molecule has 168 valence electrons. The fourth-order valence-corrected chi connectivity index (χ4v) is 4.31. The van der Waals surface area contributed by atoms with E-state index in [1.165, 1.54) is 12.0 Å². The van der Waals surface area contributed by atoms with Crippen molar-refractivity contribution in [3.8, 4) is 11.5 Å². The van der Waals surface area contributed by atoms with E-state index in [4.69, 9.17) is 14.2 Å². The molecule has 0 bridgehead atoms. The maximum Gasteiger partial charge on any atom is 0.295 e. The van der Waals surface area contributed by atoms with Crippen LogP contribution in [-0.4, -0.2) is 55.2 Å². The van der Waals surface area contributed by atoms with Crippen LogP contribution in [-0.2, 0) is 14.3 Å². The second-order valence-electron chi connectivity index (χ2n) is 8.07. The minimum atomic E-state index is -0.764. The van der Waals surface area contributed by atoms with Crippen molar-refractivity contribution in [3.63, 3.8) is 0 Å². The molecule has 1 N–H and O–H groups in total. The van der Waals surface area contributed by atoms with Crippen LogP contribution in [0.25, 0.3) is 5.76 Å². The van der Waals surface area contributed by atoms with Gasteiger partial charge < -0.3 is 24.2 Å². The number of benzene rings is 2. The molecule has 2 atom stereocenters. The van der Waals surface area contributed by atoms with Gasteiger partial charge in [-0.25, -0.2) is 0 Å². The highest BCUT2D eigenvalue weighted by Gasteiger charge is 2.47. The van der Waals surface area contributed by atoms with Crippen LogP contribution in [0.4, 0.5) is 0 Å². The molecular formula is C25H27NO6. The van der Waals surface area contributed by atoms with Crippen LogP contribution >= 0.6 is 0 Å². The summed E-state index contributed by atoms with van der Waals surface area (Å²) in [4.78, 5) is 27.7. The topological polar surface area (TPSA) is 85.3 Å². The molecule has 2 aromatic carbocycles. The predicted octanol–water partition coefficient (Wildman–Crippen LogP) is 3.61. The van der Waals surface area contributed by atoms with Gasteiger partial charge in [0.15, 0.2) is 11.5 Å². The van der Waals surface area contributed by atoms with Crippen LogP contribution in [0.3, 0.4) is 0 Å². The van der Waals surface area contributed by atoms with E-state index in [0.717, 1.165) is 18.4 Å². The smallest absolute Gasteiger partial charge is 0.295 e. The minimum Gasteiger partial charge on any atom is -0.507 e. The summed E-state index contributed by atoms with van der Waals surface area (Å²) in [5.41, 5.74) is 2.21. The van der Waals surface area contributed by atoms with Gasteiger partial charge in [0.1, 0.15) is 5.76 Å². The molecule has 0 aromatic heterocycles. The molecule has 0 spiro atoms. The summed E-state index contributed by atoms with van der Waals surface area (Å²) < 4.78 is 16.5. The van der Waals surface area contributed by atoms with Gasteiger partial charge in [0, 0.05) is 18.7 Å². The summed E-state index contributed by atoms with van der Waals surface area (Å²) in [5.74, 6) is -0.540. The van der Waals surface area contributed by atoms with Crippen molar-refractivity contribution >= 4 is 17.4 Å². The molecule has 2 aromatic rings. The molecular weight excluding hydrogens is 410 g/mol. The van der Waals surface area contributed by atoms with Crippen molar-refractivity contribution in [2.45, 2.75) is 31.9 Å². The molecule has 0 unspecified atom stereocenters. The number of ether oxygens (including phenoxy) is 3. The van der Waals surface area contributed by atoms with Crippen LogP contribution in [0.5, 0.6) is 11.5 Å². The number of Topliss-reactive ketones (excluding diaryl/α,β-unsaturated/α-hetero) is 1. The molecule has 2 heterocycles. The Morgan fingerprint density at radius 3 is 2.44 bits per heavy atom. The summed E-state index contributed by atoms with van der Waals surface area (Å²) in [7, 11) is 3.07. The molecule has 4 rings (SSSR count). The van der Waals surface area contributed by atoms with E-state index in [1.807, 2.05) is 19.1 Å². The molecule has 2 aliphatic rings. The molecule has 2 fully saturated rings. The molecule has 0 aliphatic carbocycles. The van der Waals surface area contributed by atoms with E-state index in [-0.39, 0.29) is 24.0 Å². The number of likely N-dealkylation sites (tertiary alicyclic amines) is 1. The molecule has 0 radical (unpaired) electrons. The van der Waals surface area contributed by atoms with E-state index < -0.39 is 17.7 Å². The number of amides is 1. The average Bonchev–Trinajstić information content (AvgIpc) is 3.41. The van der Waals surface area contributed by atoms with Crippen molar-refractivity contribution in [1.29, 1.82) is 0 Å². The number of aryl methyl sites for hydroxylation is 1. The SMILES string of the molecule is COc1ccc([C@@H]2C(=C(O)c3ccc(C)cc3)C(=O)C(=O)N2C[C@H]2CCCO2)cc1OC. The van der Waals surface area contributed by atoms with Crippen molar-refractivity contribution in [3.05, 3.63) is 64.7 Å². The zero-order chi connectivity index (χ0) is 22.8. The first-order valence-corrected chi connectivity index (χ1v) is 10.6. The molecule has 7 nitrogen and oxygen atoms in total. The van der Waals surface area contributed by atoms with Gasteiger partial charge in [0.25, 0.3) is 11.7 Å². The number of nitrogens with zero attached hydrogens (tertiary/aromatic N) is 1. The number of aliphatic hydroxyl groups excluding tert-OH is 1. The van der Waals surface area contributed by atoms with Crippen LogP contribution in [0.15, 0.2) is 48.0 Å². The monoisotopic (exact) mass is 437 g/mol. The van der Waals surface area contributed by atoms with E-state index in [9.17, 15) is 14.7 Å². The second-order valence-corrected chi connectivity index (χ2v) is 8.07. The quantitative estimate of drug-likeness (QED) is 0.422. The molecule has 2 aliphatic heterocycles. The van der Waals surface area contributed by atoms with Gasteiger partial charge in [0.05, 0.1) is 31.9 Å². The number of hydrogen-bond acceptors (Lipinski definition) is 6. The molecule has 1 amide bonds. The lowest BCUT2D eigenvalue weighted by Crippen LogP contribution is -2.36. The average molecular weight is 437 g/mol. The fourth-order valence-electron chi connectivity index (χ4n) is 4.31. The third-order valence-electron chi connectivity index (χ3n) is 6.01. The van der Waals surface area contributed by atoms with Crippen LogP contribution in [0.2, 0.25) is 0 Å². The number of ketones is 1. The lowest BCUT2D eigenvalue weighted by molar-refractivity contribution is -0.140. The largest absolute Gasteiger partial charge is 0.507 e. The van der Waals surface area contributed by atoms with Gasteiger partial charge in [-0.3, -0.25) is 9.59 Å². The number of rotatable bonds is 6. The maximum atomic E-state index is 13.1. The molecule has 0 saturated carbocycles. The Kier molecular flexibility index (Phi) is 6.19. The van der Waals surface area contributed by atoms with Crippen LogP contribution in [0.1, 0.15) is 35.6 Å². The number of methoxy groups -OCH3 is 2. The Morgan fingerprint density at radius 2 is 1.81 bits per heavy atom. The van der Waals surface area contributed by atoms with E-state index in [1.54, 1.807) is 37.4 Å². The van der Waals surface area contributed by atoms with E-state index >= 15 is 0 Å². The Hall–Kier alpha value is -3.32. The standard InChI is InChI=1S/C25H27NO6/c1-15-6-8-16(9-7-15)23(27)21-22(17-10-11-19(30-2)20(13-17)31-3)26(25(29)24(21)28)14-18-5-4-12-32-18/h6-11,13,18,22,27H,4-5,12,14H2,1-3H3/t18-,22-/m1/s1. The zero-order valence-corrected chi connectivity index (χ0v) is 18.5. The lowest BCUT2D eigenvalue weighted by Gasteiger charge is -2.28. The summed E-state index contributed by atoms with van der Waals surface area (Å²) in [6, 6.07) is 11.7. The number of carbonyl (C=O) groups is 2. The third kappa shape index (κ3) is 3.96. The highest BCUT2D eigenvalue weighted by Crippen LogP contribution is 2.42. The zero-order valence-electron chi connectivity index (χ0n) is 18.5. The highest BCUT2D eigenvalue weighted by atomic mass is 16.5. The lowest BCUT2D eigenvalue weighted by atomic mass is 9.94. The number of aliphatic hydroxyl groups is 1. The van der Waals surface area contributed by atoms with Crippen LogP contribution < -0.4 is 9.47 Å². The predicted molar refractivity (Wildman–Crippen MR) is 119 cm³/mol. The van der Waals surface area contributed by atoms with Gasteiger partial charge in [0.2, 0.25) is 0 Å². The molecule has 2 saturated heterocycles.